The van der Waals surface area contributed by atoms with Gasteiger partial charge in [0.1, 0.15) is 9.84 Å². The van der Waals surface area contributed by atoms with Gasteiger partial charge in [0.25, 0.3) is 0 Å². The van der Waals surface area contributed by atoms with Gasteiger partial charge in [-0.1, -0.05) is 22.0 Å². The van der Waals surface area contributed by atoms with E-state index in [1.807, 2.05) is 0 Å². The van der Waals surface area contributed by atoms with Gasteiger partial charge in [0.15, 0.2) is 9.84 Å². The van der Waals surface area contributed by atoms with Crippen molar-refractivity contribution in [2.24, 2.45) is 0 Å². The molecule has 102 valence electrons. The second kappa shape index (κ2) is 5.58. The molecular formula is C10H14BrNO4S2. The molecular weight excluding hydrogens is 342 g/mol. The maximum atomic E-state index is 11.8. The minimum Gasteiger partial charge on any atom is -0.398 e. The summed E-state index contributed by atoms with van der Waals surface area (Å²) in [6.07, 6.45) is 1.01. The van der Waals surface area contributed by atoms with Crippen LogP contribution in [0.3, 0.4) is 0 Å². The van der Waals surface area contributed by atoms with Crippen molar-refractivity contribution in [1.82, 2.24) is 0 Å². The van der Waals surface area contributed by atoms with E-state index in [4.69, 9.17) is 5.73 Å². The van der Waals surface area contributed by atoms with Crippen LogP contribution in [0.5, 0.6) is 0 Å². The summed E-state index contributed by atoms with van der Waals surface area (Å²) in [6.45, 7) is 0. The summed E-state index contributed by atoms with van der Waals surface area (Å²) in [4.78, 5) is 0. The van der Waals surface area contributed by atoms with Crippen LogP contribution in [-0.2, 0) is 25.4 Å². The lowest BCUT2D eigenvalue weighted by Crippen LogP contribution is -2.18. The lowest BCUT2D eigenvalue weighted by atomic mass is 10.2. The number of rotatable bonds is 5. The number of sulfone groups is 2. The highest BCUT2D eigenvalue weighted by Crippen LogP contribution is 2.24. The molecule has 0 aliphatic heterocycles. The van der Waals surface area contributed by atoms with E-state index in [1.165, 1.54) is 0 Å². The highest BCUT2D eigenvalue weighted by molar-refractivity contribution is 9.10. The van der Waals surface area contributed by atoms with Gasteiger partial charge >= 0.3 is 0 Å². The maximum absolute atomic E-state index is 11.8. The zero-order chi connectivity index (χ0) is 14.0. The molecule has 0 fully saturated rings. The maximum Gasteiger partial charge on any atom is 0.155 e. The van der Waals surface area contributed by atoms with Gasteiger partial charge in [0.05, 0.1) is 17.3 Å². The zero-order valence-electron chi connectivity index (χ0n) is 9.76. The van der Waals surface area contributed by atoms with Gasteiger partial charge in [-0.15, -0.1) is 0 Å². The quantitative estimate of drug-likeness (QED) is 0.794. The Morgan fingerprint density at radius 2 is 1.78 bits per heavy atom. The molecule has 0 radical (unpaired) electrons. The monoisotopic (exact) mass is 355 g/mol. The van der Waals surface area contributed by atoms with E-state index in [0.717, 1.165) is 6.26 Å². The summed E-state index contributed by atoms with van der Waals surface area (Å²) >= 11 is 3.23. The third kappa shape index (κ3) is 4.95. The molecule has 0 amide bonds. The molecule has 0 aromatic heterocycles. The van der Waals surface area contributed by atoms with Gasteiger partial charge < -0.3 is 5.73 Å². The Balaban J connectivity index is 2.90. The summed E-state index contributed by atoms with van der Waals surface area (Å²) < 4.78 is 46.2. The van der Waals surface area contributed by atoms with Crippen molar-refractivity contribution in [3.63, 3.8) is 0 Å². The van der Waals surface area contributed by atoms with Crippen LogP contribution in [0.2, 0.25) is 0 Å². The largest absolute Gasteiger partial charge is 0.398 e. The van der Waals surface area contributed by atoms with Crippen LogP contribution >= 0.6 is 15.9 Å². The molecule has 0 heterocycles. The van der Waals surface area contributed by atoms with Gasteiger partial charge in [0.2, 0.25) is 0 Å². The molecule has 0 saturated carbocycles. The normalized spacial score (nSPS) is 12.6. The first-order chi connectivity index (χ1) is 8.11. The number of hydrogen-bond donors (Lipinski definition) is 1. The van der Waals surface area contributed by atoms with Crippen molar-refractivity contribution in [3.8, 4) is 0 Å². The first-order valence-electron chi connectivity index (χ1n) is 5.02. The molecule has 0 aliphatic carbocycles. The van der Waals surface area contributed by atoms with Gasteiger partial charge in [0, 0.05) is 22.0 Å². The molecule has 2 N–H and O–H groups in total. The fourth-order valence-electron chi connectivity index (χ4n) is 1.30. The van der Waals surface area contributed by atoms with Crippen LogP contribution in [0, 0.1) is 0 Å². The van der Waals surface area contributed by atoms with E-state index >= 15 is 0 Å². The SMILES string of the molecule is CS(=O)(=O)CCS(=O)(=O)Cc1c(N)cccc1Br. The van der Waals surface area contributed by atoms with Gasteiger partial charge in [-0.05, 0) is 12.1 Å². The first kappa shape index (κ1) is 15.5. The summed E-state index contributed by atoms with van der Waals surface area (Å²) in [5.41, 5.74) is 6.53. The van der Waals surface area contributed by atoms with E-state index in [0.29, 0.717) is 15.7 Å². The second-order valence-corrected chi connectivity index (χ2v) is 9.33. The van der Waals surface area contributed by atoms with Crippen molar-refractivity contribution in [2.45, 2.75) is 5.75 Å². The number of nitrogens with two attached hydrogens (primary N) is 1. The molecule has 0 atom stereocenters. The van der Waals surface area contributed by atoms with Crippen molar-refractivity contribution in [3.05, 3.63) is 28.2 Å². The number of halogens is 1. The molecule has 0 unspecified atom stereocenters. The predicted octanol–water partition coefficient (Wildman–Crippen LogP) is 0.991. The Morgan fingerprint density at radius 3 is 2.28 bits per heavy atom. The Bertz CT molecular complexity index is 618. The van der Waals surface area contributed by atoms with Crippen LogP contribution in [0.15, 0.2) is 22.7 Å². The van der Waals surface area contributed by atoms with E-state index < -0.39 is 25.4 Å². The van der Waals surface area contributed by atoms with Crippen molar-refractivity contribution in [2.75, 3.05) is 23.5 Å². The van der Waals surface area contributed by atoms with Gasteiger partial charge in [-0.25, -0.2) is 16.8 Å². The number of nitrogen functional groups attached to an aromatic ring is 1. The van der Waals surface area contributed by atoms with Gasteiger partial charge in [-0.2, -0.15) is 0 Å². The number of anilines is 1. The summed E-state index contributed by atoms with van der Waals surface area (Å²) in [5.74, 6) is -1.04. The molecule has 0 spiro atoms. The smallest absolute Gasteiger partial charge is 0.155 e. The third-order valence-corrected chi connectivity index (χ3v) is 5.79. The van der Waals surface area contributed by atoms with Crippen LogP contribution in [0.4, 0.5) is 5.69 Å². The molecule has 18 heavy (non-hydrogen) atoms. The Labute approximate surface area is 115 Å². The Morgan fingerprint density at radius 1 is 1.17 bits per heavy atom. The summed E-state index contributed by atoms with van der Waals surface area (Å²) in [7, 11) is -6.79. The van der Waals surface area contributed by atoms with Crippen molar-refractivity contribution in [1.29, 1.82) is 0 Å². The fourth-order valence-corrected chi connectivity index (χ4v) is 5.14. The van der Waals surface area contributed by atoms with E-state index in [1.54, 1.807) is 18.2 Å². The topological polar surface area (TPSA) is 94.3 Å². The molecule has 1 aromatic rings. The molecule has 8 heteroatoms. The average molecular weight is 356 g/mol. The van der Waals surface area contributed by atoms with E-state index in [-0.39, 0.29) is 11.5 Å². The van der Waals surface area contributed by atoms with Crippen molar-refractivity contribution >= 4 is 41.3 Å². The van der Waals surface area contributed by atoms with Gasteiger partial charge in [-0.3, -0.25) is 0 Å². The Kier molecular flexibility index (Phi) is 4.79. The molecule has 0 bridgehead atoms. The molecule has 0 saturated heterocycles. The van der Waals surface area contributed by atoms with Crippen LogP contribution < -0.4 is 5.73 Å². The highest BCUT2D eigenvalue weighted by Gasteiger charge is 2.18. The standard InChI is InChI=1S/C10H14BrNO4S2/c1-17(13,14)5-6-18(15,16)7-8-9(11)3-2-4-10(8)12/h2-4H,5-7,12H2,1H3. The number of hydrogen-bond acceptors (Lipinski definition) is 5. The van der Waals surface area contributed by atoms with Crippen LogP contribution in [0.25, 0.3) is 0 Å². The van der Waals surface area contributed by atoms with E-state index in [9.17, 15) is 16.8 Å². The zero-order valence-corrected chi connectivity index (χ0v) is 13.0. The number of benzene rings is 1. The van der Waals surface area contributed by atoms with E-state index in [2.05, 4.69) is 15.9 Å². The fraction of sp³-hybridized carbons (Fsp3) is 0.400. The summed E-state index contributed by atoms with van der Waals surface area (Å²) in [5, 5.41) is 0. The highest BCUT2D eigenvalue weighted by atomic mass is 79.9. The lowest BCUT2D eigenvalue weighted by Gasteiger charge is -2.08. The summed E-state index contributed by atoms with van der Waals surface area (Å²) in [6, 6.07) is 5.00. The lowest BCUT2D eigenvalue weighted by molar-refractivity contribution is 0.589. The molecule has 1 rings (SSSR count). The second-order valence-electron chi connectivity index (χ2n) is 4.03. The third-order valence-electron chi connectivity index (χ3n) is 2.28. The van der Waals surface area contributed by atoms with Crippen LogP contribution in [0.1, 0.15) is 5.56 Å². The molecule has 0 aliphatic rings. The Hall–Kier alpha value is -0.600. The molecule has 5 nitrogen and oxygen atoms in total. The molecule has 1 aromatic carbocycles. The average Bonchev–Trinajstić information content (AvgIpc) is 2.20. The predicted molar refractivity (Wildman–Crippen MR) is 75.8 cm³/mol. The van der Waals surface area contributed by atoms with Crippen molar-refractivity contribution < 1.29 is 16.8 Å². The minimum atomic E-state index is -3.50. The first-order valence-corrected chi connectivity index (χ1v) is 9.69. The minimum absolute atomic E-state index is 0.268. The van der Waals surface area contributed by atoms with Crippen LogP contribution in [-0.4, -0.2) is 34.6 Å².